The van der Waals surface area contributed by atoms with Crippen molar-refractivity contribution in [2.24, 2.45) is 0 Å². The van der Waals surface area contributed by atoms with Gasteiger partial charge in [0, 0.05) is 0 Å². The maximum atomic E-state index is 12.2. The van der Waals surface area contributed by atoms with Crippen LogP contribution < -0.4 is 10.9 Å². The van der Waals surface area contributed by atoms with Crippen LogP contribution in [0.3, 0.4) is 0 Å². The summed E-state index contributed by atoms with van der Waals surface area (Å²) in [6, 6.07) is 6.73. The molecule has 1 N–H and O–H groups in total. The summed E-state index contributed by atoms with van der Waals surface area (Å²) in [5.41, 5.74) is 0.141. The smallest absolute Gasteiger partial charge is 0.326 e. The number of amides is 1. The van der Waals surface area contributed by atoms with Crippen LogP contribution in [0.15, 0.2) is 35.4 Å². The highest BCUT2D eigenvalue weighted by atomic mass is 16.5. The molecule has 0 radical (unpaired) electrons. The standard InChI is InChI=1S/C15H15N3O6/c1-23-13(20)6-16-12(19)8-24-14(21)7-18-9-17-11-5-3-2-4-10(11)15(18)22/h2-5,9H,6-8H2,1H3,(H,16,19). The predicted molar refractivity (Wildman–Crippen MR) is 82.0 cm³/mol. The number of methoxy groups -OCH3 is 1. The Hall–Kier alpha value is -3.23. The molecular formula is C15H15N3O6. The van der Waals surface area contributed by atoms with E-state index >= 15 is 0 Å². The fraction of sp³-hybridized carbons (Fsp3) is 0.267. The van der Waals surface area contributed by atoms with E-state index in [-0.39, 0.29) is 18.6 Å². The molecule has 1 aromatic carbocycles. The Morgan fingerprint density at radius 2 is 1.96 bits per heavy atom. The van der Waals surface area contributed by atoms with E-state index in [0.29, 0.717) is 10.9 Å². The van der Waals surface area contributed by atoms with Crippen molar-refractivity contribution in [3.8, 4) is 0 Å². The molecule has 0 aliphatic heterocycles. The molecule has 24 heavy (non-hydrogen) atoms. The molecule has 0 saturated heterocycles. The maximum Gasteiger partial charge on any atom is 0.326 e. The van der Waals surface area contributed by atoms with Crippen LogP contribution in [0.5, 0.6) is 0 Å². The molecule has 126 valence electrons. The van der Waals surface area contributed by atoms with Crippen LogP contribution in [0.2, 0.25) is 0 Å². The molecule has 0 saturated carbocycles. The quantitative estimate of drug-likeness (QED) is 0.690. The van der Waals surface area contributed by atoms with Gasteiger partial charge >= 0.3 is 11.9 Å². The second-order valence-corrected chi connectivity index (χ2v) is 4.71. The van der Waals surface area contributed by atoms with E-state index in [4.69, 9.17) is 4.74 Å². The van der Waals surface area contributed by atoms with Crippen molar-refractivity contribution < 1.29 is 23.9 Å². The van der Waals surface area contributed by atoms with Gasteiger partial charge in [0.05, 0.1) is 24.3 Å². The molecule has 0 aliphatic rings. The summed E-state index contributed by atoms with van der Waals surface area (Å²) in [6.07, 6.45) is 1.24. The van der Waals surface area contributed by atoms with Gasteiger partial charge in [-0.3, -0.25) is 23.7 Å². The lowest BCUT2D eigenvalue weighted by atomic mass is 10.2. The van der Waals surface area contributed by atoms with Crippen LogP contribution in [0.1, 0.15) is 0 Å². The highest BCUT2D eigenvalue weighted by Crippen LogP contribution is 2.04. The van der Waals surface area contributed by atoms with Gasteiger partial charge in [0.2, 0.25) is 0 Å². The third-order valence-electron chi connectivity index (χ3n) is 3.05. The number of nitrogens with one attached hydrogen (secondary N) is 1. The summed E-state index contributed by atoms with van der Waals surface area (Å²) in [7, 11) is 1.18. The first-order valence-corrected chi connectivity index (χ1v) is 6.94. The van der Waals surface area contributed by atoms with Crippen molar-refractivity contribution in [1.29, 1.82) is 0 Å². The van der Waals surface area contributed by atoms with Crippen molar-refractivity contribution in [3.05, 3.63) is 40.9 Å². The number of benzene rings is 1. The van der Waals surface area contributed by atoms with Gasteiger partial charge in [0.25, 0.3) is 11.5 Å². The van der Waals surface area contributed by atoms with Crippen LogP contribution in [-0.2, 0) is 30.4 Å². The molecule has 2 aromatic rings. The number of para-hydroxylation sites is 1. The van der Waals surface area contributed by atoms with E-state index in [1.54, 1.807) is 24.3 Å². The summed E-state index contributed by atoms with van der Waals surface area (Å²) in [6.45, 7) is -1.26. The molecule has 1 amide bonds. The van der Waals surface area contributed by atoms with Crippen molar-refractivity contribution >= 4 is 28.7 Å². The highest BCUT2D eigenvalue weighted by Gasteiger charge is 2.11. The van der Waals surface area contributed by atoms with E-state index in [2.05, 4.69) is 15.0 Å². The van der Waals surface area contributed by atoms with Gasteiger partial charge in [-0.05, 0) is 12.1 Å². The third-order valence-corrected chi connectivity index (χ3v) is 3.05. The van der Waals surface area contributed by atoms with Gasteiger partial charge in [-0.25, -0.2) is 4.98 Å². The minimum Gasteiger partial charge on any atom is -0.468 e. The monoisotopic (exact) mass is 333 g/mol. The lowest BCUT2D eigenvalue weighted by Gasteiger charge is -2.07. The Morgan fingerprint density at radius 3 is 2.71 bits per heavy atom. The van der Waals surface area contributed by atoms with Crippen molar-refractivity contribution in [3.63, 3.8) is 0 Å². The lowest BCUT2D eigenvalue weighted by Crippen LogP contribution is -2.34. The Balaban J connectivity index is 1.91. The number of rotatable bonds is 6. The SMILES string of the molecule is COC(=O)CNC(=O)COC(=O)Cn1cnc2ccccc2c1=O. The minimum absolute atomic E-state index is 0.319. The number of ether oxygens (including phenoxy) is 2. The first kappa shape index (κ1) is 17.1. The van der Waals surface area contributed by atoms with Crippen LogP contribution in [0.4, 0.5) is 0 Å². The molecule has 9 heteroatoms. The van der Waals surface area contributed by atoms with Gasteiger partial charge in [-0.2, -0.15) is 0 Å². The second-order valence-electron chi connectivity index (χ2n) is 4.71. The topological polar surface area (TPSA) is 117 Å². The first-order valence-electron chi connectivity index (χ1n) is 6.94. The molecule has 1 aromatic heterocycles. The minimum atomic E-state index is -0.776. The molecule has 0 spiro atoms. The van der Waals surface area contributed by atoms with E-state index in [1.807, 2.05) is 0 Å². The van der Waals surface area contributed by atoms with E-state index in [0.717, 1.165) is 4.57 Å². The van der Waals surface area contributed by atoms with Crippen molar-refractivity contribution in [2.75, 3.05) is 20.3 Å². The van der Waals surface area contributed by atoms with Gasteiger partial charge in [0.15, 0.2) is 6.61 Å². The summed E-state index contributed by atoms with van der Waals surface area (Å²) >= 11 is 0. The number of carbonyl (C=O) groups excluding carboxylic acids is 3. The van der Waals surface area contributed by atoms with E-state index < -0.39 is 24.5 Å². The van der Waals surface area contributed by atoms with Crippen LogP contribution in [0.25, 0.3) is 10.9 Å². The zero-order valence-corrected chi connectivity index (χ0v) is 12.9. The summed E-state index contributed by atoms with van der Waals surface area (Å²) in [4.78, 5) is 50.2. The molecule has 0 bridgehead atoms. The van der Waals surface area contributed by atoms with Crippen molar-refractivity contribution in [1.82, 2.24) is 14.9 Å². The van der Waals surface area contributed by atoms with Gasteiger partial charge in [-0.1, -0.05) is 12.1 Å². The summed E-state index contributed by atoms with van der Waals surface area (Å²) in [5, 5.41) is 2.59. The average molecular weight is 333 g/mol. The zero-order chi connectivity index (χ0) is 17.5. The Morgan fingerprint density at radius 1 is 1.21 bits per heavy atom. The number of esters is 2. The van der Waals surface area contributed by atoms with E-state index in [1.165, 1.54) is 13.4 Å². The molecular weight excluding hydrogens is 318 g/mol. The molecule has 0 fully saturated rings. The Bertz CT molecular complexity index is 829. The second kappa shape index (κ2) is 7.86. The van der Waals surface area contributed by atoms with Crippen LogP contribution in [-0.4, -0.2) is 47.7 Å². The number of carbonyl (C=O) groups is 3. The predicted octanol–water partition coefficient (Wildman–Crippen LogP) is -0.771. The highest BCUT2D eigenvalue weighted by molar-refractivity contribution is 5.84. The molecule has 0 unspecified atom stereocenters. The van der Waals surface area contributed by atoms with Crippen molar-refractivity contribution in [2.45, 2.75) is 6.54 Å². The number of nitrogens with zero attached hydrogens (tertiary/aromatic N) is 2. The number of fused-ring (bicyclic) bond motifs is 1. The third kappa shape index (κ3) is 4.38. The normalized spacial score (nSPS) is 10.2. The van der Waals surface area contributed by atoms with Gasteiger partial charge < -0.3 is 14.8 Å². The molecule has 0 aliphatic carbocycles. The Kier molecular flexibility index (Phi) is 5.61. The average Bonchev–Trinajstić information content (AvgIpc) is 2.60. The molecule has 1 heterocycles. The fourth-order valence-electron chi connectivity index (χ4n) is 1.84. The zero-order valence-electron chi connectivity index (χ0n) is 12.9. The van der Waals surface area contributed by atoms with Crippen LogP contribution in [0, 0.1) is 0 Å². The fourth-order valence-corrected chi connectivity index (χ4v) is 1.84. The lowest BCUT2D eigenvalue weighted by molar-refractivity contribution is -0.149. The Labute approximate surface area is 136 Å². The largest absolute Gasteiger partial charge is 0.468 e. The molecule has 9 nitrogen and oxygen atoms in total. The number of aromatic nitrogens is 2. The van der Waals surface area contributed by atoms with E-state index in [9.17, 15) is 19.2 Å². The summed E-state index contributed by atoms with van der Waals surface area (Å²) in [5.74, 6) is -2.05. The van der Waals surface area contributed by atoms with Crippen LogP contribution >= 0.6 is 0 Å². The van der Waals surface area contributed by atoms with Gasteiger partial charge in [0.1, 0.15) is 13.1 Å². The number of hydrogen-bond acceptors (Lipinski definition) is 7. The maximum absolute atomic E-state index is 12.2. The summed E-state index contributed by atoms with van der Waals surface area (Å²) < 4.78 is 10.2. The molecule has 2 rings (SSSR count). The first-order chi connectivity index (χ1) is 11.5. The van der Waals surface area contributed by atoms with Gasteiger partial charge in [-0.15, -0.1) is 0 Å². The number of hydrogen-bond donors (Lipinski definition) is 1. The molecule has 0 atom stereocenters.